The van der Waals surface area contributed by atoms with E-state index in [-0.39, 0.29) is 40.2 Å². The van der Waals surface area contributed by atoms with E-state index in [9.17, 15) is 27.9 Å². The van der Waals surface area contributed by atoms with Crippen molar-refractivity contribution in [1.82, 2.24) is 10.2 Å². The molecule has 0 atom stereocenters. The number of nitrogens with one attached hydrogen (secondary N) is 2. The summed E-state index contributed by atoms with van der Waals surface area (Å²) in [5.74, 6) is -1.90. The standard InChI is InChI=1S/C19H14Cl2F3N3O3S/c1-8-15(26-27-16(8)19(22,23)24)10-7-31-17(14(10)18(29)30)25-13(28)6-5-9-11(20)3-2-4-12(9)21/h2-4,7H,5-6H2,1H3,(H,25,28)(H,26,27)(H,29,30). The van der Waals surface area contributed by atoms with Crippen LogP contribution in [-0.4, -0.2) is 27.2 Å². The Labute approximate surface area is 188 Å². The molecule has 164 valence electrons. The van der Waals surface area contributed by atoms with Crippen molar-refractivity contribution in [2.45, 2.75) is 25.9 Å². The van der Waals surface area contributed by atoms with E-state index in [1.165, 1.54) is 12.3 Å². The van der Waals surface area contributed by atoms with Crippen LogP contribution in [0.2, 0.25) is 10.0 Å². The highest BCUT2D eigenvalue weighted by atomic mass is 35.5. The third-order valence-corrected chi connectivity index (χ3v) is 6.07. The number of carbonyl (C=O) groups is 2. The number of benzene rings is 1. The Hall–Kier alpha value is -2.56. The van der Waals surface area contributed by atoms with Crippen molar-refractivity contribution < 1.29 is 27.9 Å². The molecule has 0 radical (unpaired) electrons. The van der Waals surface area contributed by atoms with Crippen LogP contribution in [0.4, 0.5) is 18.2 Å². The molecule has 0 aliphatic carbocycles. The molecule has 0 aliphatic rings. The predicted octanol–water partition coefficient (Wildman–Crippen LogP) is 6.04. The molecule has 2 aromatic heterocycles. The van der Waals surface area contributed by atoms with E-state index in [4.69, 9.17) is 23.2 Å². The van der Waals surface area contributed by atoms with Crippen LogP contribution in [-0.2, 0) is 17.4 Å². The van der Waals surface area contributed by atoms with Crippen molar-refractivity contribution in [3.05, 3.63) is 56.0 Å². The first-order valence-electron chi connectivity index (χ1n) is 8.70. The fourth-order valence-electron chi connectivity index (χ4n) is 2.97. The number of halogens is 5. The van der Waals surface area contributed by atoms with Crippen molar-refractivity contribution in [1.29, 1.82) is 0 Å². The maximum Gasteiger partial charge on any atom is 0.433 e. The second kappa shape index (κ2) is 8.89. The van der Waals surface area contributed by atoms with Crippen molar-refractivity contribution in [3.8, 4) is 11.3 Å². The number of thiophene rings is 1. The minimum atomic E-state index is -4.66. The number of alkyl halides is 3. The Balaban J connectivity index is 1.84. The van der Waals surface area contributed by atoms with Gasteiger partial charge < -0.3 is 10.4 Å². The lowest BCUT2D eigenvalue weighted by molar-refractivity contribution is -0.141. The smallest absolute Gasteiger partial charge is 0.433 e. The lowest BCUT2D eigenvalue weighted by atomic mass is 10.0. The lowest BCUT2D eigenvalue weighted by Crippen LogP contribution is -2.14. The third-order valence-electron chi connectivity index (χ3n) is 4.47. The van der Waals surface area contributed by atoms with Gasteiger partial charge in [-0.3, -0.25) is 9.89 Å². The number of carbonyl (C=O) groups excluding carboxylic acids is 1. The van der Waals surface area contributed by atoms with Gasteiger partial charge in [0.15, 0.2) is 0 Å². The quantitative estimate of drug-likeness (QED) is 0.391. The topological polar surface area (TPSA) is 95.1 Å². The molecule has 2 heterocycles. The molecule has 1 aromatic carbocycles. The van der Waals surface area contributed by atoms with Gasteiger partial charge in [0.1, 0.15) is 16.3 Å². The summed E-state index contributed by atoms with van der Waals surface area (Å²) in [6, 6.07) is 4.94. The van der Waals surface area contributed by atoms with E-state index in [1.807, 2.05) is 5.10 Å². The molecule has 0 saturated heterocycles. The minimum Gasteiger partial charge on any atom is -0.478 e. The molecule has 0 spiro atoms. The number of carboxylic acids is 1. The highest BCUT2D eigenvalue weighted by molar-refractivity contribution is 7.15. The first kappa shape index (κ1) is 23.1. The fraction of sp³-hybridized carbons (Fsp3) is 0.211. The molecule has 31 heavy (non-hydrogen) atoms. The van der Waals surface area contributed by atoms with Crippen LogP contribution in [0.25, 0.3) is 11.3 Å². The van der Waals surface area contributed by atoms with Crippen molar-refractivity contribution >= 4 is 51.4 Å². The summed E-state index contributed by atoms with van der Waals surface area (Å²) >= 11 is 13.0. The van der Waals surface area contributed by atoms with Gasteiger partial charge in [-0.15, -0.1) is 11.3 Å². The van der Waals surface area contributed by atoms with Gasteiger partial charge in [-0.1, -0.05) is 29.3 Å². The first-order chi connectivity index (χ1) is 14.5. The number of rotatable bonds is 6. The van der Waals surface area contributed by atoms with E-state index in [0.717, 1.165) is 11.3 Å². The lowest BCUT2D eigenvalue weighted by Gasteiger charge is -2.08. The number of anilines is 1. The van der Waals surface area contributed by atoms with Gasteiger partial charge in [-0.05, 0) is 31.0 Å². The van der Waals surface area contributed by atoms with Crippen LogP contribution < -0.4 is 5.32 Å². The summed E-state index contributed by atoms with van der Waals surface area (Å²) in [4.78, 5) is 24.2. The monoisotopic (exact) mass is 491 g/mol. The Morgan fingerprint density at radius 1 is 1.26 bits per heavy atom. The highest BCUT2D eigenvalue weighted by Crippen LogP contribution is 2.40. The third kappa shape index (κ3) is 4.86. The summed E-state index contributed by atoms with van der Waals surface area (Å²) in [6.45, 7) is 1.19. The molecule has 0 saturated carbocycles. The van der Waals surface area contributed by atoms with Crippen LogP contribution in [0.5, 0.6) is 0 Å². The predicted molar refractivity (Wildman–Crippen MR) is 112 cm³/mol. The van der Waals surface area contributed by atoms with Gasteiger partial charge in [-0.25, -0.2) is 4.79 Å². The zero-order valence-corrected chi connectivity index (χ0v) is 18.1. The van der Waals surface area contributed by atoms with Crippen LogP contribution in [0.1, 0.15) is 33.6 Å². The maximum absolute atomic E-state index is 13.0. The van der Waals surface area contributed by atoms with Gasteiger partial charge in [0.2, 0.25) is 5.91 Å². The second-order valence-corrected chi connectivity index (χ2v) is 8.17. The fourth-order valence-corrected chi connectivity index (χ4v) is 4.51. The van der Waals surface area contributed by atoms with Crippen LogP contribution >= 0.6 is 34.5 Å². The average Bonchev–Trinajstić information content (AvgIpc) is 3.24. The molecule has 3 N–H and O–H groups in total. The molecule has 0 aliphatic heterocycles. The number of nitrogens with zero attached hydrogens (tertiary/aromatic N) is 1. The number of H-pyrrole nitrogens is 1. The van der Waals surface area contributed by atoms with Gasteiger partial charge in [0, 0.05) is 33.0 Å². The maximum atomic E-state index is 13.0. The Kier molecular flexibility index (Phi) is 6.63. The highest BCUT2D eigenvalue weighted by Gasteiger charge is 2.37. The molecule has 1 amide bonds. The summed E-state index contributed by atoms with van der Waals surface area (Å²) in [5, 5.41) is 19.8. The number of aromatic nitrogens is 2. The van der Waals surface area contributed by atoms with Gasteiger partial charge >= 0.3 is 12.1 Å². The van der Waals surface area contributed by atoms with Crippen LogP contribution in [0, 0.1) is 6.92 Å². The molecule has 12 heteroatoms. The zero-order chi connectivity index (χ0) is 22.9. The molecule has 0 unspecified atom stereocenters. The molecule has 0 bridgehead atoms. The normalized spacial score (nSPS) is 11.5. The van der Waals surface area contributed by atoms with E-state index in [1.54, 1.807) is 18.2 Å². The van der Waals surface area contributed by atoms with E-state index < -0.39 is 23.7 Å². The van der Waals surface area contributed by atoms with Gasteiger partial charge in [-0.2, -0.15) is 18.3 Å². The number of carboxylic acid groups (broad SMARTS) is 1. The zero-order valence-electron chi connectivity index (χ0n) is 15.7. The number of hydrogen-bond acceptors (Lipinski definition) is 4. The number of aromatic carboxylic acids is 1. The summed E-state index contributed by atoms with van der Waals surface area (Å²) in [7, 11) is 0. The van der Waals surface area contributed by atoms with E-state index >= 15 is 0 Å². The molecule has 6 nitrogen and oxygen atoms in total. The van der Waals surface area contributed by atoms with E-state index in [2.05, 4.69) is 10.4 Å². The number of aromatic amines is 1. The summed E-state index contributed by atoms with van der Waals surface area (Å²) in [6.07, 6.45) is -4.47. The number of amides is 1. The molecule has 3 rings (SSSR count). The van der Waals surface area contributed by atoms with Crippen LogP contribution in [0.3, 0.4) is 0 Å². The van der Waals surface area contributed by atoms with Crippen molar-refractivity contribution in [2.24, 2.45) is 0 Å². The van der Waals surface area contributed by atoms with Gasteiger partial charge in [0.05, 0.1) is 5.69 Å². The summed E-state index contributed by atoms with van der Waals surface area (Å²) < 4.78 is 39.1. The Morgan fingerprint density at radius 2 is 1.90 bits per heavy atom. The summed E-state index contributed by atoms with van der Waals surface area (Å²) in [5.41, 5.74) is -1.22. The van der Waals surface area contributed by atoms with Gasteiger partial charge in [0.25, 0.3) is 0 Å². The van der Waals surface area contributed by atoms with E-state index in [0.29, 0.717) is 15.6 Å². The Bertz CT molecular complexity index is 1140. The largest absolute Gasteiger partial charge is 0.478 e. The van der Waals surface area contributed by atoms with Crippen molar-refractivity contribution in [3.63, 3.8) is 0 Å². The van der Waals surface area contributed by atoms with Crippen molar-refractivity contribution in [2.75, 3.05) is 5.32 Å². The van der Waals surface area contributed by atoms with Crippen LogP contribution in [0.15, 0.2) is 23.6 Å². The Morgan fingerprint density at radius 3 is 2.45 bits per heavy atom. The molecule has 3 aromatic rings. The molecular weight excluding hydrogens is 478 g/mol. The SMILES string of the molecule is Cc1c(-c2csc(NC(=O)CCc3c(Cl)cccc3Cl)c2C(=O)O)n[nH]c1C(F)(F)F. The minimum absolute atomic E-state index is 0.00582. The molecular formula is C19H14Cl2F3N3O3S. The first-order valence-corrected chi connectivity index (χ1v) is 10.3. The molecule has 0 fully saturated rings. The number of hydrogen-bond donors (Lipinski definition) is 3. The average molecular weight is 492 g/mol. The second-order valence-electron chi connectivity index (χ2n) is 6.48.